The third-order valence-electron chi connectivity index (χ3n) is 3.04. The van der Waals surface area contributed by atoms with Crippen molar-refractivity contribution in [2.45, 2.75) is 39.7 Å². The third kappa shape index (κ3) is 3.67. The Morgan fingerprint density at radius 1 is 1.41 bits per heavy atom. The van der Waals surface area contributed by atoms with Gasteiger partial charge in [0.25, 0.3) is 0 Å². The standard InChI is InChI=1S/C15H22FN/c1-5-11(3)10-14(17-6-2)13-9-7-8-12(4)15(13)16/h7-9,14,17H,3,5-6,10H2,1-2,4H3. The first-order valence-electron chi connectivity index (χ1n) is 6.25. The van der Waals surface area contributed by atoms with E-state index in [0.29, 0.717) is 5.56 Å². The topological polar surface area (TPSA) is 12.0 Å². The lowest BCUT2D eigenvalue weighted by Crippen LogP contribution is -2.22. The van der Waals surface area contributed by atoms with Crippen LogP contribution in [0.5, 0.6) is 0 Å². The molecule has 0 heterocycles. The molecule has 0 fully saturated rings. The maximum absolute atomic E-state index is 14.1. The van der Waals surface area contributed by atoms with Gasteiger partial charge in [0.15, 0.2) is 0 Å². The van der Waals surface area contributed by atoms with Gasteiger partial charge in [0, 0.05) is 11.6 Å². The lowest BCUT2D eigenvalue weighted by molar-refractivity contribution is 0.503. The lowest BCUT2D eigenvalue weighted by atomic mass is 9.96. The van der Waals surface area contributed by atoms with Crippen LogP contribution in [0.2, 0.25) is 0 Å². The second-order valence-corrected chi connectivity index (χ2v) is 4.40. The normalized spacial score (nSPS) is 12.5. The molecule has 17 heavy (non-hydrogen) atoms. The van der Waals surface area contributed by atoms with Gasteiger partial charge in [-0.25, -0.2) is 4.39 Å². The van der Waals surface area contributed by atoms with Crippen molar-refractivity contribution in [1.29, 1.82) is 0 Å². The number of hydrogen-bond acceptors (Lipinski definition) is 1. The summed E-state index contributed by atoms with van der Waals surface area (Å²) in [7, 11) is 0. The number of hydrogen-bond donors (Lipinski definition) is 1. The molecule has 1 aromatic carbocycles. The van der Waals surface area contributed by atoms with Gasteiger partial charge in [-0.3, -0.25) is 0 Å². The summed E-state index contributed by atoms with van der Waals surface area (Å²) in [5.41, 5.74) is 2.60. The summed E-state index contributed by atoms with van der Waals surface area (Å²) >= 11 is 0. The number of nitrogens with one attached hydrogen (secondary N) is 1. The molecular formula is C15H22FN. The van der Waals surface area contributed by atoms with E-state index in [9.17, 15) is 4.39 Å². The lowest BCUT2D eigenvalue weighted by Gasteiger charge is -2.20. The smallest absolute Gasteiger partial charge is 0.130 e. The van der Waals surface area contributed by atoms with Crippen molar-refractivity contribution in [2.24, 2.45) is 0 Å². The molecule has 1 unspecified atom stereocenters. The van der Waals surface area contributed by atoms with Crippen molar-refractivity contribution in [3.05, 3.63) is 47.3 Å². The van der Waals surface area contributed by atoms with Crippen LogP contribution >= 0.6 is 0 Å². The number of aryl methyl sites for hydroxylation is 1. The maximum Gasteiger partial charge on any atom is 0.130 e. The van der Waals surface area contributed by atoms with E-state index >= 15 is 0 Å². The fourth-order valence-electron chi connectivity index (χ4n) is 1.91. The van der Waals surface area contributed by atoms with E-state index in [0.717, 1.165) is 30.5 Å². The summed E-state index contributed by atoms with van der Waals surface area (Å²) in [6, 6.07) is 5.61. The van der Waals surface area contributed by atoms with Crippen LogP contribution in [0.25, 0.3) is 0 Å². The molecule has 0 aliphatic carbocycles. The van der Waals surface area contributed by atoms with E-state index in [1.165, 1.54) is 0 Å². The van der Waals surface area contributed by atoms with Gasteiger partial charge >= 0.3 is 0 Å². The number of halogens is 1. The molecule has 0 aliphatic rings. The molecule has 2 heteroatoms. The van der Waals surface area contributed by atoms with E-state index in [4.69, 9.17) is 0 Å². The molecule has 0 radical (unpaired) electrons. The van der Waals surface area contributed by atoms with Crippen molar-refractivity contribution in [3.63, 3.8) is 0 Å². The van der Waals surface area contributed by atoms with Gasteiger partial charge < -0.3 is 5.32 Å². The van der Waals surface area contributed by atoms with Crippen molar-refractivity contribution in [1.82, 2.24) is 5.32 Å². The molecular weight excluding hydrogens is 213 g/mol. The highest BCUT2D eigenvalue weighted by Crippen LogP contribution is 2.25. The fraction of sp³-hybridized carbons (Fsp3) is 0.467. The van der Waals surface area contributed by atoms with Gasteiger partial charge in [-0.1, -0.05) is 44.2 Å². The zero-order valence-electron chi connectivity index (χ0n) is 11.0. The van der Waals surface area contributed by atoms with Gasteiger partial charge in [0.05, 0.1) is 0 Å². The van der Waals surface area contributed by atoms with Crippen molar-refractivity contribution in [2.75, 3.05) is 6.54 Å². The Kier molecular flexibility index (Phi) is 5.36. The molecule has 1 rings (SSSR count). The first kappa shape index (κ1) is 13.9. The minimum atomic E-state index is -0.0950. The zero-order valence-corrected chi connectivity index (χ0v) is 11.0. The highest BCUT2D eigenvalue weighted by atomic mass is 19.1. The SMILES string of the molecule is C=C(CC)CC(NCC)c1cccc(C)c1F. The highest BCUT2D eigenvalue weighted by Gasteiger charge is 2.16. The summed E-state index contributed by atoms with van der Waals surface area (Å²) < 4.78 is 14.1. The van der Waals surface area contributed by atoms with E-state index in [1.54, 1.807) is 13.0 Å². The van der Waals surface area contributed by atoms with Crippen molar-refractivity contribution < 1.29 is 4.39 Å². The van der Waals surface area contributed by atoms with Crippen LogP contribution in [0.1, 0.15) is 43.9 Å². The van der Waals surface area contributed by atoms with Crippen LogP contribution in [0, 0.1) is 12.7 Å². The first-order chi connectivity index (χ1) is 8.10. The quantitative estimate of drug-likeness (QED) is 0.731. The van der Waals surface area contributed by atoms with Gasteiger partial charge in [0.1, 0.15) is 5.82 Å². The number of rotatable bonds is 6. The Morgan fingerprint density at radius 2 is 2.12 bits per heavy atom. The molecule has 0 saturated heterocycles. The van der Waals surface area contributed by atoms with Crippen molar-refractivity contribution >= 4 is 0 Å². The van der Waals surface area contributed by atoms with Crippen LogP contribution in [0.4, 0.5) is 4.39 Å². The van der Waals surface area contributed by atoms with Gasteiger partial charge in [0.2, 0.25) is 0 Å². The fourth-order valence-corrected chi connectivity index (χ4v) is 1.91. The van der Waals surface area contributed by atoms with E-state index in [-0.39, 0.29) is 11.9 Å². The van der Waals surface area contributed by atoms with Crippen LogP contribution in [-0.4, -0.2) is 6.54 Å². The Balaban J connectivity index is 2.96. The second-order valence-electron chi connectivity index (χ2n) is 4.40. The molecule has 1 aromatic rings. The summed E-state index contributed by atoms with van der Waals surface area (Å²) in [6.07, 6.45) is 1.74. The molecule has 0 aromatic heterocycles. The van der Waals surface area contributed by atoms with Crippen LogP contribution in [-0.2, 0) is 0 Å². The summed E-state index contributed by atoms with van der Waals surface area (Å²) in [6.45, 7) is 10.8. The van der Waals surface area contributed by atoms with Crippen LogP contribution in [0.3, 0.4) is 0 Å². The van der Waals surface area contributed by atoms with E-state index in [2.05, 4.69) is 18.8 Å². The number of benzene rings is 1. The highest BCUT2D eigenvalue weighted by molar-refractivity contribution is 5.28. The van der Waals surface area contributed by atoms with Gasteiger partial charge in [-0.05, 0) is 31.9 Å². The molecule has 1 N–H and O–H groups in total. The molecule has 1 atom stereocenters. The molecule has 0 amide bonds. The largest absolute Gasteiger partial charge is 0.310 e. The molecule has 1 nitrogen and oxygen atoms in total. The Morgan fingerprint density at radius 3 is 2.71 bits per heavy atom. The summed E-state index contributed by atoms with van der Waals surface area (Å²) in [4.78, 5) is 0. The van der Waals surface area contributed by atoms with Crippen molar-refractivity contribution in [3.8, 4) is 0 Å². The summed E-state index contributed by atoms with van der Waals surface area (Å²) in [5, 5.41) is 3.33. The maximum atomic E-state index is 14.1. The van der Waals surface area contributed by atoms with Gasteiger partial charge in [-0.2, -0.15) is 0 Å². The van der Waals surface area contributed by atoms with Crippen LogP contribution < -0.4 is 5.32 Å². The van der Waals surface area contributed by atoms with Gasteiger partial charge in [-0.15, -0.1) is 0 Å². The van der Waals surface area contributed by atoms with E-state index < -0.39 is 0 Å². The molecule has 0 saturated carbocycles. The molecule has 0 bridgehead atoms. The van der Waals surface area contributed by atoms with Crippen LogP contribution in [0.15, 0.2) is 30.4 Å². The summed E-state index contributed by atoms with van der Waals surface area (Å²) in [5.74, 6) is -0.0950. The molecule has 0 spiro atoms. The predicted octanol–water partition coefficient (Wildman–Crippen LogP) is 4.14. The average Bonchev–Trinajstić information content (AvgIpc) is 2.32. The Labute approximate surface area is 104 Å². The molecule has 94 valence electrons. The second kappa shape index (κ2) is 6.55. The average molecular weight is 235 g/mol. The zero-order chi connectivity index (χ0) is 12.8. The minimum absolute atomic E-state index is 0.0346. The Bertz CT molecular complexity index is 385. The molecule has 0 aliphatic heterocycles. The monoisotopic (exact) mass is 235 g/mol. The van der Waals surface area contributed by atoms with E-state index in [1.807, 2.05) is 19.1 Å². The third-order valence-corrected chi connectivity index (χ3v) is 3.04. The minimum Gasteiger partial charge on any atom is -0.310 e. The Hall–Kier alpha value is -1.15. The first-order valence-corrected chi connectivity index (χ1v) is 6.25. The predicted molar refractivity (Wildman–Crippen MR) is 71.6 cm³/mol.